The molecule has 1 aliphatic carbocycles. The van der Waals surface area contributed by atoms with Gasteiger partial charge in [0.2, 0.25) is 5.91 Å². The minimum absolute atomic E-state index is 0.106. The first kappa shape index (κ1) is 17.7. The summed E-state index contributed by atoms with van der Waals surface area (Å²) < 4.78 is 3.19. The van der Waals surface area contributed by atoms with Gasteiger partial charge in [0.25, 0.3) is 5.56 Å². The van der Waals surface area contributed by atoms with Gasteiger partial charge in [-0.25, -0.2) is 9.67 Å². The third-order valence-corrected chi connectivity index (χ3v) is 5.20. The molecule has 1 aliphatic rings. The van der Waals surface area contributed by atoms with Crippen LogP contribution >= 0.6 is 11.6 Å². The van der Waals surface area contributed by atoms with Crippen LogP contribution in [0.5, 0.6) is 0 Å². The van der Waals surface area contributed by atoms with Crippen molar-refractivity contribution < 1.29 is 4.79 Å². The number of carbonyl (C=O) groups excluding carboxylic acids is 1. The number of rotatable bonds is 6. The molecule has 1 fully saturated rings. The van der Waals surface area contributed by atoms with Crippen LogP contribution in [0.1, 0.15) is 24.8 Å². The lowest BCUT2D eigenvalue weighted by molar-refractivity contribution is -0.127. The Morgan fingerprint density at radius 3 is 2.93 bits per heavy atom. The molecular formula is C19H20ClN5O2. The van der Waals surface area contributed by atoms with E-state index < -0.39 is 0 Å². The molecule has 0 saturated heterocycles. The molecule has 0 radical (unpaired) electrons. The Kier molecular flexibility index (Phi) is 4.94. The predicted octanol–water partition coefficient (Wildman–Crippen LogP) is 2.21. The van der Waals surface area contributed by atoms with Crippen molar-refractivity contribution in [1.29, 1.82) is 0 Å². The molecule has 1 saturated carbocycles. The summed E-state index contributed by atoms with van der Waals surface area (Å²) in [4.78, 5) is 29.0. The van der Waals surface area contributed by atoms with Gasteiger partial charge < -0.3 is 5.32 Å². The van der Waals surface area contributed by atoms with Crippen LogP contribution in [0.3, 0.4) is 0 Å². The first-order valence-electron chi connectivity index (χ1n) is 9.05. The highest BCUT2D eigenvalue weighted by Crippen LogP contribution is 2.26. The Morgan fingerprint density at radius 1 is 1.33 bits per heavy atom. The molecule has 3 aromatic rings. The lowest BCUT2D eigenvalue weighted by Gasteiger charge is -2.23. The molecule has 0 aliphatic heterocycles. The van der Waals surface area contributed by atoms with E-state index in [1.807, 2.05) is 18.2 Å². The van der Waals surface area contributed by atoms with Crippen LogP contribution in [0.25, 0.3) is 11.0 Å². The highest BCUT2D eigenvalue weighted by atomic mass is 35.5. The molecule has 0 bridgehead atoms. The number of nitrogens with one attached hydrogen (secondary N) is 1. The Bertz CT molecular complexity index is 1040. The average Bonchev–Trinajstić information content (AvgIpc) is 3.00. The number of carbonyl (C=O) groups is 1. The van der Waals surface area contributed by atoms with Crippen molar-refractivity contribution in [2.75, 3.05) is 6.54 Å². The Balaban J connectivity index is 1.47. The quantitative estimate of drug-likeness (QED) is 0.705. The van der Waals surface area contributed by atoms with Crippen LogP contribution in [-0.4, -0.2) is 31.8 Å². The van der Waals surface area contributed by atoms with E-state index in [0.717, 1.165) is 24.8 Å². The molecular weight excluding hydrogens is 366 g/mol. The normalized spacial score (nSPS) is 14.3. The van der Waals surface area contributed by atoms with Crippen LogP contribution in [0.4, 0.5) is 0 Å². The Hall–Kier alpha value is -2.67. The molecule has 1 aromatic carbocycles. The summed E-state index contributed by atoms with van der Waals surface area (Å²) in [6, 6.07) is 7.39. The van der Waals surface area contributed by atoms with Gasteiger partial charge in [0.1, 0.15) is 11.7 Å². The van der Waals surface area contributed by atoms with E-state index in [-0.39, 0.29) is 17.4 Å². The number of hydrogen-bond donors (Lipinski definition) is 1. The van der Waals surface area contributed by atoms with Gasteiger partial charge in [-0.2, -0.15) is 5.10 Å². The van der Waals surface area contributed by atoms with Crippen LogP contribution < -0.4 is 10.9 Å². The average molecular weight is 386 g/mol. The van der Waals surface area contributed by atoms with Crippen molar-refractivity contribution in [3.63, 3.8) is 0 Å². The maximum absolute atomic E-state index is 12.7. The molecule has 0 atom stereocenters. The third kappa shape index (κ3) is 3.73. The van der Waals surface area contributed by atoms with Crippen molar-refractivity contribution in [2.45, 2.75) is 32.4 Å². The van der Waals surface area contributed by atoms with Gasteiger partial charge in [0.15, 0.2) is 5.65 Å². The largest absolute Gasteiger partial charge is 0.354 e. The molecule has 2 aromatic heterocycles. The minimum atomic E-state index is -0.148. The van der Waals surface area contributed by atoms with E-state index in [9.17, 15) is 9.59 Å². The molecule has 140 valence electrons. The topological polar surface area (TPSA) is 81.8 Å². The summed E-state index contributed by atoms with van der Waals surface area (Å²) in [5.41, 5.74) is 1.31. The fraction of sp³-hybridized carbons (Fsp3) is 0.368. The number of hydrogen-bond acceptors (Lipinski definition) is 4. The minimum Gasteiger partial charge on any atom is -0.354 e. The maximum atomic E-state index is 12.7. The SMILES string of the molecule is O=C(NCCn1ncc2c(=O)n(Cc3cccc(Cl)c3)cnc21)C1CCC1. The third-order valence-electron chi connectivity index (χ3n) is 4.96. The summed E-state index contributed by atoms with van der Waals surface area (Å²) in [5.74, 6) is 0.269. The van der Waals surface area contributed by atoms with Crippen molar-refractivity contribution in [3.8, 4) is 0 Å². The summed E-state index contributed by atoms with van der Waals surface area (Å²) in [6.07, 6.45) is 6.14. The highest BCUT2D eigenvalue weighted by molar-refractivity contribution is 6.30. The first-order valence-corrected chi connectivity index (χ1v) is 9.43. The summed E-state index contributed by atoms with van der Waals surface area (Å²) in [5, 5.41) is 8.28. The Morgan fingerprint density at radius 2 is 2.19 bits per heavy atom. The van der Waals surface area contributed by atoms with Gasteiger partial charge in [0, 0.05) is 17.5 Å². The number of fused-ring (bicyclic) bond motifs is 1. The fourth-order valence-corrected chi connectivity index (χ4v) is 3.42. The van der Waals surface area contributed by atoms with Gasteiger partial charge in [0.05, 0.1) is 19.3 Å². The zero-order valence-electron chi connectivity index (χ0n) is 14.8. The molecule has 1 N–H and O–H groups in total. The van der Waals surface area contributed by atoms with Crippen LogP contribution in [-0.2, 0) is 17.9 Å². The Labute approximate surface area is 161 Å². The van der Waals surface area contributed by atoms with Crippen LogP contribution in [0.2, 0.25) is 5.02 Å². The second-order valence-electron chi connectivity index (χ2n) is 6.83. The van der Waals surface area contributed by atoms with Crippen LogP contribution in [0.15, 0.2) is 41.6 Å². The maximum Gasteiger partial charge on any atom is 0.264 e. The van der Waals surface area contributed by atoms with Gasteiger partial charge in [-0.15, -0.1) is 0 Å². The second-order valence-corrected chi connectivity index (χ2v) is 7.27. The molecule has 0 unspecified atom stereocenters. The summed E-state index contributed by atoms with van der Waals surface area (Å²) >= 11 is 6.01. The molecule has 2 heterocycles. The van der Waals surface area contributed by atoms with Crippen molar-refractivity contribution in [2.24, 2.45) is 5.92 Å². The lowest BCUT2D eigenvalue weighted by Crippen LogP contribution is -2.36. The number of halogens is 1. The monoisotopic (exact) mass is 385 g/mol. The standard InChI is InChI=1S/C19H20ClN5O2/c20-15-6-1-3-13(9-15)11-24-12-22-17-16(19(24)27)10-23-25(17)8-7-21-18(26)14-4-2-5-14/h1,3,6,9-10,12,14H,2,4-5,7-8,11H2,(H,21,26). The zero-order chi connectivity index (χ0) is 18.8. The molecule has 4 rings (SSSR count). The van der Waals surface area contributed by atoms with Gasteiger partial charge in [-0.1, -0.05) is 30.2 Å². The van der Waals surface area contributed by atoms with E-state index in [1.54, 1.807) is 15.3 Å². The van der Waals surface area contributed by atoms with E-state index in [4.69, 9.17) is 11.6 Å². The first-order chi connectivity index (χ1) is 13.1. The van der Waals surface area contributed by atoms with Gasteiger partial charge in [-0.3, -0.25) is 14.2 Å². The van der Waals surface area contributed by atoms with Crippen molar-refractivity contribution in [1.82, 2.24) is 24.6 Å². The number of aromatic nitrogens is 4. The van der Waals surface area contributed by atoms with E-state index in [0.29, 0.717) is 35.7 Å². The molecule has 8 heteroatoms. The number of nitrogens with zero attached hydrogens (tertiary/aromatic N) is 4. The molecule has 1 amide bonds. The molecule has 7 nitrogen and oxygen atoms in total. The summed E-state index contributed by atoms with van der Waals surface area (Å²) in [6.45, 7) is 1.34. The van der Waals surface area contributed by atoms with Crippen LogP contribution in [0, 0.1) is 5.92 Å². The fourth-order valence-electron chi connectivity index (χ4n) is 3.21. The van der Waals surface area contributed by atoms with E-state index in [1.165, 1.54) is 12.5 Å². The van der Waals surface area contributed by atoms with Crippen molar-refractivity contribution >= 4 is 28.5 Å². The second kappa shape index (κ2) is 7.52. The van der Waals surface area contributed by atoms with E-state index in [2.05, 4.69) is 15.4 Å². The zero-order valence-corrected chi connectivity index (χ0v) is 15.5. The van der Waals surface area contributed by atoms with Gasteiger partial charge >= 0.3 is 0 Å². The lowest BCUT2D eigenvalue weighted by atomic mass is 9.85. The highest BCUT2D eigenvalue weighted by Gasteiger charge is 2.24. The number of amides is 1. The molecule has 0 spiro atoms. The van der Waals surface area contributed by atoms with Gasteiger partial charge in [-0.05, 0) is 30.5 Å². The predicted molar refractivity (Wildman–Crippen MR) is 103 cm³/mol. The molecule has 27 heavy (non-hydrogen) atoms. The summed E-state index contributed by atoms with van der Waals surface area (Å²) in [7, 11) is 0. The number of benzene rings is 1. The smallest absolute Gasteiger partial charge is 0.264 e. The van der Waals surface area contributed by atoms with E-state index >= 15 is 0 Å². The van der Waals surface area contributed by atoms with Crippen molar-refractivity contribution in [3.05, 3.63) is 57.7 Å².